The normalized spacial score (nSPS) is 28.1. The van der Waals surface area contributed by atoms with E-state index in [0.717, 1.165) is 17.0 Å². The van der Waals surface area contributed by atoms with Crippen LogP contribution in [0.4, 0.5) is 0 Å². The molecule has 1 aromatic rings. The highest BCUT2D eigenvalue weighted by atomic mass is 16.2. The molecule has 0 bridgehead atoms. The second-order valence-corrected chi connectivity index (χ2v) is 9.02. The summed E-state index contributed by atoms with van der Waals surface area (Å²) in [6.45, 7) is 2.32. The molecular formula is C22H26N4O4. The summed E-state index contributed by atoms with van der Waals surface area (Å²) in [5.74, 6) is -1.89. The largest absolute Gasteiger partial charge is 0.329 e. The van der Waals surface area contributed by atoms with E-state index in [9.17, 15) is 19.2 Å². The topological polar surface area (TPSA) is 113 Å². The van der Waals surface area contributed by atoms with Gasteiger partial charge in [0.25, 0.3) is 11.8 Å². The lowest BCUT2D eigenvalue weighted by Gasteiger charge is -2.44. The van der Waals surface area contributed by atoms with Crippen LogP contribution < -0.4 is 11.1 Å². The molecule has 0 aromatic heterocycles. The number of rotatable bonds is 4. The number of nitrogens with zero attached hydrogens (tertiary/aromatic N) is 2. The van der Waals surface area contributed by atoms with E-state index in [2.05, 4.69) is 10.2 Å². The van der Waals surface area contributed by atoms with Crippen LogP contribution in [0.5, 0.6) is 0 Å². The summed E-state index contributed by atoms with van der Waals surface area (Å²) in [5.41, 5.74) is 8.09. The summed E-state index contributed by atoms with van der Waals surface area (Å²) in [6, 6.07) is 4.77. The predicted molar refractivity (Wildman–Crippen MR) is 107 cm³/mol. The molecule has 1 spiro atoms. The first kappa shape index (κ1) is 19.4. The van der Waals surface area contributed by atoms with Gasteiger partial charge in [-0.2, -0.15) is 0 Å². The van der Waals surface area contributed by atoms with Gasteiger partial charge >= 0.3 is 0 Å². The molecule has 5 rings (SSSR count). The Labute approximate surface area is 174 Å². The van der Waals surface area contributed by atoms with Gasteiger partial charge in [-0.15, -0.1) is 0 Å². The van der Waals surface area contributed by atoms with Gasteiger partial charge in [0.15, 0.2) is 0 Å². The molecule has 4 amide bonds. The van der Waals surface area contributed by atoms with Gasteiger partial charge in [0.05, 0.1) is 11.1 Å². The summed E-state index contributed by atoms with van der Waals surface area (Å²) in [6.07, 6.45) is 5.20. The number of carbonyl (C=O) groups excluding carboxylic acids is 4. The highest BCUT2D eigenvalue weighted by Gasteiger charge is 2.50. The van der Waals surface area contributed by atoms with Crippen molar-refractivity contribution in [2.24, 2.45) is 11.1 Å². The number of nitrogens with one attached hydrogen (secondary N) is 1. The highest BCUT2D eigenvalue weighted by molar-refractivity contribution is 6.23. The first-order valence-corrected chi connectivity index (χ1v) is 10.7. The van der Waals surface area contributed by atoms with Crippen molar-refractivity contribution in [2.45, 2.75) is 57.2 Å². The average molecular weight is 410 g/mol. The van der Waals surface area contributed by atoms with Gasteiger partial charge in [-0.05, 0) is 55.3 Å². The third-order valence-electron chi connectivity index (χ3n) is 7.51. The van der Waals surface area contributed by atoms with Crippen molar-refractivity contribution in [1.29, 1.82) is 0 Å². The Morgan fingerprint density at radius 2 is 1.83 bits per heavy atom. The maximum absolute atomic E-state index is 13.0. The first-order valence-electron chi connectivity index (χ1n) is 10.7. The molecule has 8 nitrogen and oxygen atoms in total. The van der Waals surface area contributed by atoms with Crippen molar-refractivity contribution in [1.82, 2.24) is 15.1 Å². The van der Waals surface area contributed by atoms with Gasteiger partial charge in [-0.1, -0.05) is 12.5 Å². The van der Waals surface area contributed by atoms with E-state index in [4.69, 9.17) is 5.73 Å². The summed E-state index contributed by atoms with van der Waals surface area (Å²) in [5, 5.41) is 2.22. The average Bonchev–Trinajstić information content (AvgIpc) is 3.18. The van der Waals surface area contributed by atoms with Crippen molar-refractivity contribution >= 4 is 23.6 Å². The van der Waals surface area contributed by atoms with Gasteiger partial charge in [-0.3, -0.25) is 34.3 Å². The van der Waals surface area contributed by atoms with Gasteiger partial charge < -0.3 is 5.73 Å². The van der Waals surface area contributed by atoms with E-state index in [1.807, 2.05) is 6.07 Å². The Kier molecular flexibility index (Phi) is 4.52. The number of hydrogen-bond acceptors (Lipinski definition) is 6. The minimum absolute atomic E-state index is 0.117. The molecule has 3 N–H and O–H groups in total. The summed E-state index contributed by atoms with van der Waals surface area (Å²) >= 11 is 0. The van der Waals surface area contributed by atoms with Crippen LogP contribution in [-0.2, 0) is 16.1 Å². The highest BCUT2D eigenvalue weighted by Crippen LogP contribution is 2.52. The zero-order valence-corrected chi connectivity index (χ0v) is 16.9. The number of carbonyl (C=O) groups is 4. The number of hydrogen-bond donors (Lipinski definition) is 2. The maximum atomic E-state index is 13.0. The monoisotopic (exact) mass is 410 g/mol. The van der Waals surface area contributed by atoms with Gasteiger partial charge in [0, 0.05) is 25.6 Å². The van der Waals surface area contributed by atoms with Gasteiger partial charge in [0.2, 0.25) is 11.8 Å². The Hall–Kier alpha value is -2.58. The van der Waals surface area contributed by atoms with E-state index < -0.39 is 23.8 Å². The van der Waals surface area contributed by atoms with Crippen LogP contribution in [0.15, 0.2) is 18.2 Å². The van der Waals surface area contributed by atoms with Crippen LogP contribution in [0.1, 0.15) is 64.8 Å². The molecule has 1 aliphatic carbocycles. The van der Waals surface area contributed by atoms with Gasteiger partial charge in [-0.25, -0.2) is 0 Å². The molecule has 158 valence electrons. The zero-order chi connectivity index (χ0) is 21.0. The molecule has 2 atom stereocenters. The predicted octanol–water partition coefficient (Wildman–Crippen LogP) is 0.791. The first-order chi connectivity index (χ1) is 14.4. The Morgan fingerprint density at radius 1 is 1.07 bits per heavy atom. The molecule has 2 saturated heterocycles. The molecule has 3 aliphatic heterocycles. The maximum Gasteiger partial charge on any atom is 0.262 e. The Balaban J connectivity index is 1.36. The lowest BCUT2D eigenvalue weighted by molar-refractivity contribution is -0.136. The van der Waals surface area contributed by atoms with E-state index >= 15 is 0 Å². The molecule has 3 heterocycles. The van der Waals surface area contributed by atoms with E-state index in [-0.39, 0.29) is 18.7 Å². The lowest BCUT2D eigenvalue weighted by Crippen LogP contribution is -2.54. The minimum atomic E-state index is -0.933. The van der Waals surface area contributed by atoms with Crippen molar-refractivity contribution in [3.63, 3.8) is 0 Å². The standard InChI is InChI=1S/C22H26N4O4/c23-11-17-22(6-1-7-22)8-9-25(17)12-13-2-3-14-15(10-13)21(30)26(20(14)29)16-4-5-18(27)24-19(16)28/h2-3,10,16-17H,1,4-9,11-12,23H2,(H,24,27,28). The van der Waals surface area contributed by atoms with Crippen LogP contribution in [0.25, 0.3) is 0 Å². The molecular weight excluding hydrogens is 384 g/mol. The number of nitrogens with two attached hydrogens (primary N) is 1. The summed E-state index contributed by atoms with van der Waals surface area (Å²) < 4.78 is 0. The fourth-order valence-corrected chi connectivity index (χ4v) is 5.73. The third-order valence-corrected chi connectivity index (χ3v) is 7.51. The quantitative estimate of drug-likeness (QED) is 0.710. The number of fused-ring (bicyclic) bond motifs is 1. The summed E-state index contributed by atoms with van der Waals surface area (Å²) in [7, 11) is 0. The van der Waals surface area contributed by atoms with Crippen molar-refractivity contribution in [3.8, 4) is 0 Å². The number of piperidine rings is 1. The van der Waals surface area contributed by atoms with Crippen molar-refractivity contribution in [2.75, 3.05) is 13.1 Å². The Morgan fingerprint density at radius 3 is 2.50 bits per heavy atom. The van der Waals surface area contributed by atoms with E-state index in [0.29, 0.717) is 35.7 Å². The van der Waals surface area contributed by atoms with Crippen molar-refractivity contribution in [3.05, 3.63) is 34.9 Å². The summed E-state index contributed by atoms with van der Waals surface area (Å²) in [4.78, 5) is 52.9. The molecule has 2 unspecified atom stereocenters. The molecule has 8 heteroatoms. The second-order valence-electron chi connectivity index (χ2n) is 9.02. The molecule has 3 fully saturated rings. The van der Waals surface area contributed by atoms with E-state index in [1.54, 1.807) is 12.1 Å². The zero-order valence-electron chi connectivity index (χ0n) is 16.9. The van der Waals surface area contributed by atoms with Crippen LogP contribution in [0, 0.1) is 5.41 Å². The third kappa shape index (κ3) is 2.81. The lowest BCUT2D eigenvalue weighted by atomic mass is 9.64. The smallest absolute Gasteiger partial charge is 0.262 e. The SMILES string of the molecule is NCC1N(Cc2ccc3c(c2)C(=O)N(C2CCC(=O)NC2=O)C3=O)CCC12CCC2. The molecule has 1 saturated carbocycles. The Bertz CT molecular complexity index is 954. The van der Waals surface area contributed by atoms with Crippen molar-refractivity contribution < 1.29 is 19.2 Å². The fourth-order valence-electron chi connectivity index (χ4n) is 5.73. The second kappa shape index (κ2) is 6.99. The molecule has 0 radical (unpaired) electrons. The molecule has 30 heavy (non-hydrogen) atoms. The van der Waals surface area contributed by atoms with E-state index in [1.165, 1.54) is 25.7 Å². The number of benzene rings is 1. The number of likely N-dealkylation sites (tertiary alicyclic amines) is 1. The van der Waals surface area contributed by atoms with Crippen LogP contribution in [-0.4, -0.2) is 58.6 Å². The van der Waals surface area contributed by atoms with Gasteiger partial charge in [0.1, 0.15) is 6.04 Å². The van der Waals surface area contributed by atoms with Crippen LogP contribution in [0.2, 0.25) is 0 Å². The molecule has 1 aromatic carbocycles. The fraction of sp³-hybridized carbons (Fsp3) is 0.545. The number of imide groups is 2. The van der Waals surface area contributed by atoms with Crippen LogP contribution in [0.3, 0.4) is 0 Å². The minimum Gasteiger partial charge on any atom is -0.329 e. The number of amides is 4. The molecule has 4 aliphatic rings. The van der Waals surface area contributed by atoms with Crippen LogP contribution >= 0.6 is 0 Å².